The van der Waals surface area contributed by atoms with Gasteiger partial charge < -0.3 is 24.3 Å². The van der Waals surface area contributed by atoms with Gasteiger partial charge in [-0.3, -0.25) is 9.48 Å². The minimum absolute atomic E-state index is 0.0518. The van der Waals surface area contributed by atoms with Crippen LogP contribution in [0.4, 0.5) is 5.82 Å². The van der Waals surface area contributed by atoms with Crippen LogP contribution in [0.1, 0.15) is 41.6 Å². The van der Waals surface area contributed by atoms with Gasteiger partial charge in [0, 0.05) is 56.4 Å². The fraction of sp³-hybridized carbons (Fsp3) is 0.455. The molecule has 0 spiro atoms. The number of likely N-dealkylation sites (tertiary alicyclic amines) is 1. The third-order valence-electron chi connectivity index (χ3n) is 9.40. The summed E-state index contributed by atoms with van der Waals surface area (Å²) in [6.45, 7) is 9.41. The van der Waals surface area contributed by atoms with Crippen LogP contribution in [0.3, 0.4) is 0 Å². The number of ether oxygens (including phenoxy) is 1. The number of hydrogen-bond donors (Lipinski definition) is 0. The first kappa shape index (κ1) is 27.6. The number of carbonyl (C=O) groups is 1. The number of benzene rings is 1. The highest BCUT2D eigenvalue weighted by atomic mass is 16.5. The Kier molecular flexibility index (Phi) is 7.61. The Morgan fingerprint density at radius 2 is 2.00 bits per heavy atom. The number of rotatable bonds is 8. The zero-order valence-corrected chi connectivity index (χ0v) is 24.9. The van der Waals surface area contributed by atoms with Gasteiger partial charge in [0.1, 0.15) is 12.4 Å². The number of allylic oxidation sites excluding steroid dienone is 1. The lowest BCUT2D eigenvalue weighted by Crippen LogP contribution is -2.56. The van der Waals surface area contributed by atoms with Gasteiger partial charge in [-0.15, -0.1) is 0 Å². The fourth-order valence-electron chi connectivity index (χ4n) is 7.06. The van der Waals surface area contributed by atoms with Gasteiger partial charge in [-0.05, 0) is 68.1 Å². The van der Waals surface area contributed by atoms with Gasteiger partial charge in [0.25, 0.3) is 0 Å². The topological polar surface area (TPSA) is 82.9 Å². The average molecular weight is 581 g/mol. The molecule has 2 fully saturated rings. The molecule has 2 aromatic heterocycles. The molecule has 0 radical (unpaired) electrons. The summed E-state index contributed by atoms with van der Waals surface area (Å²) < 4.78 is 8.20. The Hall–Kier alpha value is -4.18. The molecule has 1 amide bonds. The Morgan fingerprint density at radius 3 is 2.81 bits per heavy atom. The van der Waals surface area contributed by atoms with Gasteiger partial charge in [-0.2, -0.15) is 15.1 Å². The summed E-state index contributed by atoms with van der Waals surface area (Å²) >= 11 is 0. The second kappa shape index (κ2) is 11.8. The number of carbonyl (C=O) groups excluding carboxylic acids is 1. The number of likely N-dealkylation sites (N-methyl/N-ethyl adjacent to an activating group) is 1. The number of aromatic nitrogens is 4. The average Bonchev–Trinajstić information content (AvgIpc) is 3.84. The Morgan fingerprint density at radius 1 is 1.09 bits per heavy atom. The molecule has 5 heterocycles. The summed E-state index contributed by atoms with van der Waals surface area (Å²) in [6, 6.07) is 11.4. The quantitative estimate of drug-likeness (QED) is 0.376. The molecular weight excluding hydrogens is 540 g/mol. The molecule has 43 heavy (non-hydrogen) atoms. The minimum atomic E-state index is -0.0733. The molecule has 2 atom stereocenters. The van der Waals surface area contributed by atoms with E-state index in [-0.39, 0.29) is 11.9 Å². The summed E-state index contributed by atoms with van der Waals surface area (Å²) in [5.41, 5.74) is 6.34. The lowest BCUT2D eigenvalue weighted by Gasteiger charge is -2.42. The van der Waals surface area contributed by atoms with Crippen molar-refractivity contribution < 1.29 is 9.53 Å². The molecule has 1 aromatic carbocycles. The molecule has 0 bridgehead atoms. The predicted molar refractivity (Wildman–Crippen MR) is 165 cm³/mol. The molecule has 7 rings (SSSR count). The Bertz CT molecular complexity index is 1520. The number of anilines is 1. The third kappa shape index (κ3) is 5.63. The lowest BCUT2D eigenvalue weighted by molar-refractivity contribution is -0.129. The first-order chi connectivity index (χ1) is 21.1. The number of aryl methyl sites for hydroxylation is 1. The van der Waals surface area contributed by atoms with Crippen molar-refractivity contribution in [3.8, 4) is 6.01 Å². The molecule has 0 N–H and O–H groups in total. The molecule has 3 aromatic rings. The van der Waals surface area contributed by atoms with Crippen LogP contribution >= 0.6 is 0 Å². The summed E-state index contributed by atoms with van der Waals surface area (Å²) in [6.07, 6.45) is 11.9. The van der Waals surface area contributed by atoms with Crippen molar-refractivity contribution in [1.82, 2.24) is 34.4 Å². The van der Waals surface area contributed by atoms with E-state index < -0.39 is 0 Å². The van der Waals surface area contributed by atoms with Crippen LogP contribution in [-0.2, 0) is 30.8 Å². The second-order valence-corrected chi connectivity index (χ2v) is 12.1. The highest BCUT2D eigenvalue weighted by Gasteiger charge is 2.34. The van der Waals surface area contributed by atoms with Crippen LogP contribution in [0.25, 0.3) is 5.57 Å². The molecule has 224 valence electrons. The first-order valence-corrected chi connectivity index (χ1v) is 15.5. The normalized spacial score (nSPS) is 22.7. The van der Waals surface area contributed by atoms with E-state index in [9.17, 15) is 4.79 Å². The number of fused-ring (bicyclic) bond motifs is 2. The minimum Gasteiger partial charge on any atom is -0.462 e. The van der Waals surface area contributed by atoms with E-state index >= 15 is 0 Å². The molecule has 10 nitrogen and oxygen atoms in total. The Balaban J connectivity index is 1.18. The number of hydrogen-bond acceptors (Lipinski definition) is 8. The van der Waals surface area contributed by atoms with Crippen LogP contribution in [0.15, 0.2) is 61.6 Å². The molecule has 2 saturated heterocycles. The van der Waals surface area contributed by atoms with Crippen LogP contribution in [0.2, 0.25) is 0 Å². The van der Waals surface area contributed by atoms with E-state index in [1.54, 1.807) is 6.20 Å². The third-order valence-corrected chi connectivity index (χ3v) is 9.40. The number of nitrogens with zero attached hydrogens (tertiary/aromatic N) is 8. The summed E-state index contributed by atoms with van der Waals surface area (Å²) in [7, 11) is 2.16. The van der Waals surface area contributed by atoms with Crippen molar-refractivity contribution in [3.05, 3.63) is 84.0 Å². The molecular formula is C33H40N8O2. The lowest BCUT2D eigenvalue weighted by atomic mass is 10.1. The monoisotopic (exact) mass is 580 g/mol. The first-order valence-electron chi connectivity index (χ1n) is 15.5. The van der Waals surface area contributed by atoms with Crippen molar-refractivity contribution in [3.63, 3.8) is 0 Å². The second-order valence-electron chi connectivity index (χ2n) is 12.1. The van der Waals surface area contributed by atoms with E-state index in [0.29, 0.717) is 44.8 Å². The SMILES string of the molecule is C=CC(=O)N1CCN(c2nc(OC[C@@H]3CCCN3C)nc3c2CN(C=C2CCc4ccccc42)C3)C[C@@H]1Cn1cccn1. The van der Waals surface area contributed by atoms with Crippen molar-refractivity contribution in [1.29, 1.82) is 0 Å². The van der Waals surface area contributed by atoms with Crippen molar-refractivity contribution in [2.24, 2.45) is 0 Å². The molecule has 0 saturated carbocycles. The van der Waals surface area contributed by atoms with Crippen LogP contribution in [0, 0.1) is 0 Å². The van der Waals surface area contributed by atoms with Crippen molar-refractivity contribution in [2.45, 2.75) is 57.4 Å². The molecule has 4 aliphatic rings. The predicted octanol–water partition coefficient (Wildman–Crippen LogP) is 3.35. The largest absolute Gasteiger partial charge is 0.462 e. The standard InChI is InChI=1S/C33H40N8O2/c1-3-31(42)41-17-16-39(19-27(41)20-40-15-7-13-34-40)32-29-21-38(18-25-12-11-24-8-4-5-10-28(24)25)22-30(29)35-33(36-32)43-23-26-9-6-14-37(26)2/h3-5,7-8,10,13,15,18,26-27H,1,6,9,11-12,14,16-17,19-23H2,2H3/t26-,27+/m0/s1. The Labute approximate surface area is 253 Å². The van der Waals surface area contributed by atoms with Gasteiger partial charge in [0.15, 0.2) is 0 Å². The van der Waals surface area contributed by atoms with Crippen molar-refractivity contribution in [2.75, 3.05) is 44.7 Å². The van der Waals surface area contributed by atoms with Crippen LogP contribution in [-0.4, -0.2) is 92.3 Å². The maximum absolute atomic E-state index is 12.8. The number of amides is 1. The van der Waals surface area contributed by atoms with Crippen LogP contribution in [0.5, 0.6) is 6.01 Å². The maximum Gasteiger partial charge on any atom is 0.318 e. The van der Waals surface area contributed by atoms with E-state index in [4.69, 9.17) is 14.7 Å². The summed E-state index contributed by atoms with van der Waals surface area (Å²) in [4.78, 5) is 31.8. The highest BCUT2D eigenvalue weighted by molar-refractivity contribution is 5.87. The van der Waals surface area contributed by atoms with Crippen molar-refractivity contribution >= 4 is 17.3 Å². The molecule has 10 heteroatoms. The zero-order chi connectivity index (χ0) is 29.3. The van der Waals surface area contributed by atoms with Crippen LogP contribution < -0.4 is 9.64 Å². The molecule has 0 unspecified atom stereocenters. The summed E-state index contributed by atoms with van der Waals surface area (Å²) in [5, 5.41) is 4.41. The van der Waals surface area contributed by atoms with E-state index in [1.807, 2.05) is 21.8 Å². The van der Waals surface area contributed by atoms with Gasteiger partial charge in [-0.25, -0.2) is 0 Å². The van der Waals surface area contributed by atoms with Gasteiger partial charge in [0.2, 0.25) is 5.91 Å². The van der Waals surface area contributed by atoms with Gasteiger partial charge in [-0.1, -0.05) is 30.8 Å². The highest BCUT2D eigenvalue weighted by Crippen LogP contribution is 2.36. The van der Waals surface area contributed by atoms with Gasteiger partial charge >= 0.3 is 6.01 Å². The maximum atomic E-state index is 12.8. The fourth-order valence-corrected chi connectivity index (χ4v) is 7.06. The van der Waals surface area contributed by atoms with Gasteiger partial charge in [0.05, 0.1) is 24.8 Å². The number of piperazine rings is 1. The smallest absolute Gasteiger partial charge is 0.318 e. The zero-order valence-electron chi connectivity index (χ0n) is 24.9. The molecule has 1 aliphatic carbocycles. The van der Waals surface area contributed by atoms with E-state index in [0.717, 1.165) is 56.0 Å². The van der Waals surface area contributed by atoms with E-state index in [2.05, 4.69) is 63.9 Å². The molecule has 3 aliphatic heterocycles. The summed E-state index contributed by atoms with van der Waals surface area (Å²) in [5.74, 6) is 0.868. The van der Waals surface area contributed by atoms with E-state index in [1.165, 1.54) is 29.2 Å².